The molecule has 2 N–H and O–H groups in total. The van der Waals surface area contributed by atoms with Gasteiger partial charge in [0.25, 0.3) is 5.69 Å². The molecule has 3 aliphatic carbocycles. The van der Waals surface area contributed by atoms with Gasteiger partial charge in [-0.2, -0.15) is 0 Å². The van der Waals surface area contributed by atoms with Crippen molar-refractivity contribution in [2.45, 2.75) is 114 Å². The van der Waals surface area contributed by atoms with Gasteiger partial charge in [-0.25, -0.2) is 0 Å². The Hall–Kier alpha value is -5.82. The third-order valence-electron chi connectivity index (χ3n) is 14.7. The molecule has 4 aromatic rings. The molecule has 1 heterocycles. The first-order valence-electron chi connectivity index (χ1n) is 24.7. The monoisotopic (exact) mass is 925 g/mol. The normalized spacial score (nSPS) is 23.5. The molecule has 0 spiro atoms. The number of ether oxygens (including phenoxy) is 3. The number of benzene rings is 4. The SMILES string of the molecule is C=CCOc1ccc2c(c1)C1C(CCCCO)C(CCCCO)C=C3C(=NOCc4ccc([N+](=O)[O-])cc4)CC(N(Cc4cccc5ccccc45)C(=O)CCC4CCCC4)C(OCC=C)(O2)C31. The Labute approximate surface area is 400 Å². The molecule has 0 aromatic heterocycles. The maximum absolute atomic E-state index is 15.5. The molecule has 4 aliphatic rings. The first-order chi connectivity index (χ1) is 33.3. The van der Waals surface area contributed by atoms with Gasteiger partial charge in [-0.1, -0.05) is 111 Å². The largest absolute Gasteiger partial charge is 0.490 e. The molecule has 1 aliphatic heterocycles. The van der Waals surface area contributed by atoms with Gasteiger partial charge in [-0.05, 0) is 108 Å². The Morgan fingerprint density at radius 1 is 0.912 bits per heavy atom. The summed E-state index contributed by atoms with van der Waals surface area (Å²) in [7, 11) is 0. The lowest BCUT2D eigenvalue weighted by molar-refractivity contribution is -0.384. The number of allylic oxidation sites excluding steroid dienone is 1. The highest BCUT2D eigenvalue weighted by Gasteiger charge is 2.65. The van der Waals surface area contributed by atoms with E-state index < -0.39 is 22.7 Å². The molecule has 68 heavy (non-hydrogen) atoms. The van der Waals surface area contributed by atoms with E-state index in [0.29, 0.717) is 55.5 Å². The molecule has 2 fully saturated rings. The number of nitro groups is 1. The minimum atomic E-state index is -1.42. The number of non-ortho nitro benzene ring substituents is 1. The van der Waals surface area contributed by atoms with Crippen LogP contribution in [0.4, 0.5) is 5.69 Å². The van der Waals surface area contributed by atoms with E-state index in [1.165, 1.54) is 25.0 Å². The van der Waals surface area contributed by atoms with Crippen molar-refractivity contribution in [3.05, 3.63) is 149 Å². The number of unbranched alkanes of at least 4 members (excludes halogenated alkanes) is 2. The molecule has 12 nitrogen and oxygen atoms in total. The lowest BCUT2D eigenvalue weighted by Crippen LogP contribution is -2.70. The van der Waals surface area contributed by atoms with E-state index in [2.05, 4.69) is 49.6 Å². The lowest BCUT2D eigenvalue weighted by Gasteiger charge is -2.60. The highest BCUT2D eigenvalue weighted by Crippen LogP contribution is 2.62. The Bertz CT molecular complexity index is 2440. The number of nitro benzene ring substituents is 1. The Morgan fingerprint density at radius 2 is 1.66 bits per heavy atom. The minimum absolute atomic E-state index is 0.00949. The number of aliphatic hydroxyl groups is 2. The zero-order valence-electron chi connectivity index (χ0n) is 39.2. The molecule has 4 aromatic carbocycles. The van der Waals surface area contributed by atoms with Crippen LogP contribution in [0.5, 0.6) is 11.5 Å². The van der Waals surface area contributed by atoms with Crippen LogP contribution >= 0.6 is 0 Å². The van der Waals surface area contributed by atoms with Crippen LogP contribution in [0.2, 0.25) is 0 Å². The van der Waals surface area contributed by atoms with Crippen LogP contribution in [0.25, 0.3) is 10.8 Å². The van der Waals surface area contributed by atoms with E-state index in [9.17, 15) is 20.3 Å². The van der Waals surface area contributed by atoms with Gasteiger partial charge in [0.2, 0.25) is 11.7 Å². The van der Waals surface area contributed by atoms with Gasteiger partial charge < -0.3 is 34.2 Å². The van der Waals surface area contributed by atoms with Crippen LogP contribution in [-0.2, 0) is 27.5 Å². The Morgan fingerprint density at radius 3 is 2.41 bits per heavy atom. The Kier molecular flexibility index (Phi) is 16.4. The number of nitrogens with zero attached hydrogens (tertiary/aromatic N) is 3. The Balaban J connectivity index is 1.33. The van der Waals surface area contributed by atoms with Crippen molar-refractivity contribution in [1.82, 2.24) is 4.90 Å². The fourth-order valence-electron chi connectivity index (χ4n) is 11.5. The molecule has 12 heteroatoms. The molecule has 6 unspecified atom stereocenters. The quantitative estimate of drug-likeness (QED) is 0.0303. The van der Waals surface area contributed by atoms with Crippen LogP contribution < -0.4 is 9.47 Å². The summed E-state index contributed by atoms with van der Waals surface area (Å²) in [5.74, 6) is -0.176. The number of carbonyl (C=O) groups excluding carboxylic acids is 1. The molecule has 0 bridgehead atoms. The van der Waals surface area contributed by atoms with Gasteiger partial charge >= 0.3 is 0 Å². The van der Waals surface area contributed by atoms with Crippen LogP contribution in [0.1, 0.15) is 106 Å². The van der Waals surface area contributed by atoms with Gasteiger partial charge in [0.05, 0.1) is 23.2 Å². The van der Waals surface area contributed by atoms with Crippen molar-refractivity contribution in [2.24, 2.45) is 28.8 Å². The highest BCUT2D eigenvalue weighted by molar-refractivity contribution is 6.03. The molecule has 360 valence electrons. The zero-order chi connectivity index (χ0) is 47.5. The molecule has 8 rings (SSSR count). The van der Waals surface area contributed by atoms with Crippen molar-refractivity contribution in [3.63, 3.8) is 0 Å². The number of carbonyl (C=O) groups is 1. The molecule has 1 amide bonds. The highest BCUT2D eigenvalue weighted by atomic mass is 16.7. The number of rotatable bonds is 24. The van der Waals surface area contributed by atoms with E-state index in [1.54, 1.807) is 24.3 Å². The smallest absolute Gasteiger partial charge is 0.269 e. The first kappa shape index (κ1) is 48.6. The van der Waals surface area contributed by atoms with E-state index in [1.807, 2.05) is 35.2 Å². The predicted octanol–water partition coefficient (Wildman–Crippen LogP) is 11.1. The van der Waals surface area contributed by atoms with Crippen LogP contribution in [0, 0.1) is 33.8 Å². The van der Waals surface area contributed by atoms with E-state index in [-0.39, 0.29) is 62.2 Å². The summed E-state index contributed by atoms with van der Waals surface area (Å²) in [5, 5.41) is 38.7. The van der Waals surface area contributed by atoms with Crippen molar-refractivity contribution in [3.8, 4) is 11.5 Å². The summed E-state index contributed by atoms with van der Waals surface area (Å²) in [4.78, 5) is 34.8. The second kappa shape index (κ2) is 23.0. The average Bonchev–Trinajstić information content (AvgIpc) is 3.89. The fraction of sp³-hybridized carbons (Fsp3) is 0.464. The van der Waals surface area contributed by atoms with Gasteiger partial charge in [-0.15, -0.1) is 6.58 Å². The number of hydrogen-bond acceptors (Lipinski definition) is 10. The third kappa shape index (κ3) is 10.7. The summed E-state index contributed by atoms with van der Waals surface area (Å²) < 4.78 is 21.0. The second-order valence-electron chi connectivity index (χ2n) is 18.9. The average molecular weight is 926 g/mol. The van der Waals surface area contributed by atoms with Gasteiger partial charge in [0.15, 0.2) is 0 Å². The van der Waals surface area contributed by atoms with Gasteiger partial charge in [0, 0.05) is 56.2 Å². The summed E-state index contributed by atoms with van der Waals surface area (Å²) in [6.45, 7) is 9.02. The van der Waals surface area contributed by atoms with Crippen LogP contribution in [0.3, 0.4) is 0 Å². The summed E-state index contributed by atoms with van der Waals surface area (Å²) in [6.07, 6.45) is 16.4. The number of fused-ring (bicyclic) bond motifs is 3. The molecule has 2 saturated carbocycles. The standard InChI is InChI=1S/C56H67N3O9/c1-3-32-65-45-27-28-51-49(35-45)54-47(21-10-12-31-61)42(17-9-11-30-60)34-48-50(57-67-38-40-22-25-44(26-23-40)59(63)64)36-52(56(68-51,55(48)54)66-33-4-2)58(53(62)29-24-39-14-5-6-15-39)37-43-19-13-18-41-16-7-8-20-46(41)43/h3-4,7-8,13,16,18-20,22-23,25-28,34-35,39,42,47,52,54-55,60-61H,1-2,5-6,9-12,14-15,17,21,24,29-33,36-38H2. The molecule has 6 atom stereocenters. The molecule has 0 saturated heterocycles. The topological polar surface area (TPSA) is 153 Å². The molecular weight excluding hydrogens is 859 g/mol. The van der Waals surface area contributed by atoms with E-state index in [0.717, 1.165) is 78.0 Å². The van der Waals surface area contributed by atoms with Gasteiger partial charge in [-0.3, -0.25) is 14.9 Å². The maximum Gasteiger partial charge on any atom is 0.269 e. The van der Waals surface area contributed by atoms with Crippen molar-refractivity contribution >= 4 is 28.1 Å². The first-order valence-corrected chi connectivity index (χ1v) is 24.7. The van der Waals surface area contributed by atoms with E-state index in [4.69, 9.17) is 24.2 Å². The number of amides is 1. The number of hydrogen-bond donors (Lipinski definition) is 2. The van der Waals surface area contributed by atoms with Crippen molar-refractivity contribution in [1.29, 1.82) is 0 Å². The second-order valence-corrected chi connectivity index (χ2v) is 18.9. The zero-order valence-corrected chi connectivity index (χ0v) is 39.2. The minimum Gasteiger partial charge on any atom is -0.490 e. The third-order valence-corrected chi connectivity index (χ3v) is 14.7. The van der Waals surface area contributed by atoms with E-state index >= 15 is 4.79 Å². The number of oxime groups is 1. The number of aliphatic hydroxyl groups excluding tert-OH is 2. The van der Waals surface area contributed by atoms with Crippen LogP contribution in [-0.4, -0.2) is 69.9 Å². The van der Waals surface area contributed by atoms with Crippen molar-refractivity contribution < 1.29 is 39.0 Å². The fourth-order valence-corrected chi connectivity index (χ4v) is 11.5. The van der Waals surface area contributed by atoms with Gasteiger partial charge in [0.1, 0.15) is 30.8 Å². The maximum atomic E-state index is 15.5. The van der Waals surface area contributed by atoms with Crippen LogP contribution in [0.15, 0.2) is 127 Å². The molecule has 0 radical (unpaired) electrons. The summed E-state index contributed by atoms with van der Waals surface area (Å²) >= 11 is 0. The predicted molar refractivity (Wildman–Crippen MR) is 264 cm³/mol. The van der Waals surface area contributed by atoms with Crippen molar-refractivity contribution in [2.75, 3.05) is 26.4 Å². The molecular formula is C56H67N3O9. The summed E-state index contributed by atoms with van der Waals surface area (Å²) in [5.41, 5.74) is 4.31. The summed E-state index contributed by atoms with van der Waals surface area (Å²) in [6, 6.07) is 26.1. The lowest BCUT2D eigenvalue weighted by atomic mass is 9.55.